The van der Waals surface area contributed by atoms with Gasteiger partial charge in [0.25, 0.3) is 0 Å². The molecular weight excluding hydrogens is 430 g/mol. The molecule has 2 N–H and O–H groups in total. The Hall–Kier alpha value is -3.45. The molecule has 3 heterocycles. The van der Waals surface area contributed by atoms with Gasteiger partial charge in [-0.25, -0.2) is 0 Å². The highest BCUT2D eigenvalue weighted by Crippen LogP contribution is 2.52. The minimum absolute atomic E-state index is 0.0132. The summed E-state index contributed by atoms with van der Waals surface area (Å²) >= 11 is 0. The first-order chi connectivity index (χ1) is 16.4. The highest BCUT2D eigenvalue weighted by atomic mass is 16.5. The standard InChI is InChI=1S/C27H29N3O4/c1-17(8-9-19-6-4-3-5-7-19)28-25(32)23-22-14-15-27(34-22)16-30(26(33)24(23)27)21-12-10-20(11-13-21)29-18(2)31/h3-7,10-15,17,22-24H,8-9,16H2,1-2H3,(H,28,32)(H,29,31)/t17-,22-,23-,24-,27+/m0/s1. The third-order valence-electron chi connectivity index (χ3n) is 7.00. The lowest BCUT2D eigenvalue weighted by Gasteiger charge is -2.25. The second-order valence-electron chi connectivity index (χ2n) is 9.49. The molecule has 7 heteroatoms. The number of carbonyl (C=O) groups is 3. The van der Waals surface area contributed by atoms with Crippen LogP contribution in [0.2, 0.25) is 0 Å². The minimum Gasteiger partial charge on any atom is -0.360 e. The fourth-order valence-corrected chi connectivity index (χ4v) is 5.38. The number of amides is 3. The Morgan fingerprint density at radius 1 is 1.15 bits per heavy atom. The zero-order valence-electron chi connectivity index (χ0n) is 19.4. The molecule has 0 saturated carbocycles. The van der Waals surface area contributed by atoms with Crippen LogP contribution in [0.25, 0.3) is 0 Å². The van der Waals surface area contributed by atoms with Gasteiger partial charge in [-0.1, -0.05) is 42.5 Å². The molecule has 2 bridgehead atoms. The molecule has 34 heavy (non-hydrogen) atoms. The van der Waals surface area contributed by atoms with Gasteiger partial charge in [0, 0.05) is 24.3 Å². The Kier molecular flexibility index (Phi) is 5.73. The summed E-state index contributed by atoms with van der Waals surface area (Å²) in [6.07, 6.45) is 5.20. The summed E-state index contributed by atoms with van der Waals surface area (Å²) in [6, 6.07) is 17.3. The van der Waals surface area contributed by atoms with E-state index in [1.807, 2.05) is 37.3 Å². The quantitative estimate of drug-likeness (QED) is 0.623. The molecule has 176 valence electrons. The van der Waals surface area contributed by atoms with Crippen molar-refractivity contribution in [2.24, 2.45) is 11.8 Å². The fourth-order valence-electron chi connectivity index (χ4n) is 5.38. The van der Waals surface area contributed by atoms with Crippen LogP contribution in [-0.4, -0.2) is 42.0 Å². The summed E-state index contributed by atoms with van der Waals surface area (Å²) in [5, 5.41) is 5.85. The lowest BCUT2D eigenvalue weighted by atomic mass is 9.76. The van der Waals surface area contributed by atoms with Gasteiger partial charge >= 0.3 is 0 Å². The number of hydrogen-bond acceptors (Lipinski definition) is 4. The average molecular weight is 460 g/mol. The first-order valence-corrected chi connectivity index (χ1v) is 11.8. The SMILES string of the molecule is CC(=O)Nc1ccc(N2C[C@@]34C=C[C@H](O3)[C@H](C(=O)N[C@@H](C)CCc3ccccc3)[C@H]4C2=O)cc1. The van der Waals surface area contributed by atoms with Crippen molar-refractivity contribution in [2.75, 3.05) is 16.8 Å². The van der Waals surface area contributed by atoms with E-state index in [-0.39, 0.29) is 29.9 Å². The highest BCUT2D eigenvalue weighted by Gasteiger charge is 2.67. The van der Waals surface area contributed by atoms with Crippen molar-refractivity contribution in [2.45, 2.75) is 44.4 Å². The van der Waals surface area contributed by atoms with Crippen LogP contribution in [0.1, 0.15) is 25.8 Å². The Morgan fingerprint density at radius 3 is 2.59 bits per heavy atom. The zero-order valence-corrected chi connectivity index (χ0v) is 19.4. The van der Waals surface area contributed by atoms with Gasteiger partial charge in [-0.15, -0.1) is 0 Å². The van der Waals surface area contributed by atoms with Crippen LogP contribution >= 0.6 is 0 Å². The monoisotopic (exact) mass is 459 g/mol. The van der Waals surface area contributed by atoms with Crippen LogP contribution in [0.4, 0.5) is 11.4 Å². The van der Waals surface area contributed by atoms with Gasteiger partial charge in [-0.05, 0) is 49.6 Å². The molecule has 3 amide bonds. The fraction of sp³-hybridized carbons (Fsp3) is 0.370. The van der Waals surface area contributed by atoms with Crippen molar-refractivity contribution in [3.05, 3.63) is 72.3 Å². The summed E-state index contributed by atoms with van der Waals surface area (Å²) < 4.78 is 6.24. The smallest absolute Gasteiger partial charge is 0.234 e. The van der Waals surface area contributed by atoms with Crippen molar-refractivity contribution in [3.63, 3.8) is 0 Å². The first-order valence-electron chi connectivity index (χ1n) is 11.8. The van der Waals surface area contributed by atoms with Crippen LogP contribution in [0, 0.1) is 11.8 Å². The molecule has 5 rings (SSSR count). The van der Waals surface area contributed by atoms with E-state index in [1.54, 1.807) is 29.2 Å². The average Bonchev–Trinajstić information content (AvgIpc) is 3.47. The number of rotatable bonds is 7. The Morgan fingerprint density at radius 2 is 1.88 bits per heavy atom. The first kappa shape index (κ1) is 22.3. The molecule has 5 atom stereocenters. The summed E-state index contributed by atoms with van der Waals surface area (Å²) in [5.74, 6) is -1.46. The van der Waals surface area contributed by atoms with Crippen molar-refractivity contribution in [1.29, 1.82) is 0 Å². The number of fused-ring (bicyclic) bond motifs is 1. The maximum Gasteiger partial charge on any atom is 0.234 e. The van der Waals surface area contributed by atoms with Gasteiger partial charge in [0.15, 0.2) is 0 Å². The summed E-state index contributed by atoms with van der Waals surface area (Å²) in [7, 11) is 0. The molecule has 0 radical (unpaired) electrons. The topological polar surface area (TPSA) is 87.7 Å². The predicted molar refractivity (Wildman–Crippen MR) is 129 cm³/mol. The van der Waals surface area contributed by atoms with Crippen molar-refractivity contribution < 1.29 is 19.1 Å². The largest absolute Gasteiger partial charge is 0.360 e. The van der Waals surface area contributed by atoms with Crippen LogP contribution in [0.3, 0.4) is 0 Å². The van der Waals surface area contributed by atoms with Gasteiger partial charge in [-0.3, -0.25) is 14.4 Å². The molecule has 1 spiro atoms. The molecule has 2 aromatic carbocycles. The molecule has 7 nitrogen and oxygen atoms in total. The number of benzene rings is 2. The molecular formula is C27H29N3O4. The van der Waals surface area contributed by atoms with E-state index in [0.29, 0.717) is 12.2 Å². The van der Waals surface area contributed by atoms with Crippen LogP contribution in [-0.2, 0) is 25.5 Å². The van der Waals surface area contributed by atoms with Crippen LogP contribution in [0.5, 0.6) is 0 Å². The maximum atomic E-state index is 13.5. The van der Waals surface area contributed by atoms with Gasteiger partial charge in [0.1, 0.15) is 5.60 Å². The predicted octanol–water partition coefficient (Wildman–Crippen LogP) is 3.07. The molecule has 2 fully saturated rings. The number of ether oxygens (including phenoxy) is 1. The van der Waals surface area contributed by atoms with Gasteiger partial charge in [0.2, 0.25) is 17.7 Å². The molecule has 0 aliphatic carbocycles. The summed E-state index contributed by atoms with van der Waals surface area (Å²) in [4.78, 5) is 39.8. The van der Waals surface area contributed by atoms with E-state index in [1.165, 1.54) is 12.5 Å². The number of carbonyl (C=O) groups excluding carboxylic acids is 3. The number of aryl methyl sites for hydroxylation is 1. The van der Waals surface area contributed by atoms with Gasteiger partial charge in [0.05, 0.1) is 24.5 Å². The second kappa shape index (κ2) is 8.72. The van der Waals surface area contributed by atoms with Crippen molar-refractivity contribution in [1.82, 2.24) is 5.32 Å². The van der Waals surface area contributed by atoms with E-state index in [0.717, 1.165) is 18.5 Å². The van der Waals surface area contributed by atoms with E-state index in [9.17, 15) is 14.4 Å². The van der Waals surface area contributed by atoms with E-state index < -0.39 is 17.4 Å². The molecule has 3 aliphatic heterocycles. The van der Waals surface area contributed by atoms with Gasteiger partial charge in [-0.2, -0.15) is 0 Å². The third kappa shape index (κ3) is 4.01. The van der Waals surface area contributed by atoms with Crippen molar-refractivity contribution in [3.8, 4) is 0 Å². The van der Waals surface area contributed by atoms with E-state index in [4.69, 9.17) is 4.74 Å². The molecule has 2 saturated heterocycles. The van der Waals surface area contributed by atoms with Crippen molar-refractivity contribution >= 4 is 29.1 Å². The molecule has 3 aliphatic rings. The summed E-state index contributed by atoms with van der Waals surface area (Å²) in [5.41, 5.74) is 1.85. The Balaban J connectivity index is 1.27. The number of hydrogen-bond donors (Lipinski definition) is 2. The lowest BCUT2D eigenvalue weighted by Crippen LogP contribution is -2.46. The number of nitrogens with one attached hydrogen (secondary N) is 2. The second-order valence-corrected chi connectivity index (χ2v) is 9.49. The lowest BCUT2D eigenvalue weighted by molar-refractivity contribution is -0.132. The maximum absolute atomic E-state index is 13.5. The van der Waals surface area contributed by atoms with E-state index >= 15 is 0 Å². The molecule has 0 unspecified atom stereocenters. The minimum atomic E-state index is -0.770. The molecule has 2 aromatic rings. The normalized spacial score (nSPS) is 27.5. The number of anilines is 2. The molecule has 0 aromatic heterocycles. The zero-order chi connectivity index (χ0) is 23.9. The number of nitrogens with zero attached hydrogens (tertiary/aromatic N) is 1. The van der Waals surface area contributed by atoms with Crippen LogP contribution in [0.15, 0.2) is 66.7 Å². The van der Waals surface area contributed by atoms with E-state index in [2.05, 4.69) is 22.8 Å². The summed E-state index contributed by atoms with van der Waals surface area (Å²) in [6.45, 7) is 3.82. The Labute approximate surface area is 199 Å². The third-order valence-corrected chi connectivity index (χ3v) is 7.00. The van der Waals surface area contributed by atoms with Crippen LogP contribution < -0.4 is 15.5 Å². The Bertz CT molecular complexity index is 1130. The van der Waals surface area contributed by atoms with Gasteiger partial charge < -0.3 is 20.3 Å². The highest BCUT2D eigenvalue weighted by molar-refractivity contribution is 6.03.